The van der Waals surface area contributed by atoms with Crippen molar-refractivity contribution in [3.05, 3.63) is 23.3 Å². The third-order valence-corrected chi connectivity index (χ3v) is 7.36. The molecule has 168 valence electrons. The van der Waals surface area contributed by atoms with Gasteiger partial charge in [-0.05, 0) is 79.7 Å². The second-order valence-electron chi connectivity index (χ2n) is 9.88. The molecule has 0 aromatic heterocycles. The van der Waals surface area contributed by atoms with E-state index < -0.39 is 0 Å². The van der Waals surface area contributed by atoms with Gasteiger partial charge in [0.15, 0.2) is 11.5 Å². The Labute approximate surface area is 182 Å². The molecule has 30 heavy (non-hydrogen) atoms. The molecule has 3 aliphatic rings. The van der Waals surface area contributed by atoms with Crippen molar-refractivity contribution in [1.29, 1.82) is 0 Å². The van der Waals surface area contributed by atoms with Crippen LogP contribution in [0.5, 0.6) is 11.5 Å². The van der Waals surface area contributed by atoms with Crippen LogP contribution < -0.4 is 14.8 Å². The molecule has 0 spiro atoms. The first-order valence-electron chi connectivity index (χ1n) is 11.9. The van der Waals surface area contributed by atoms with Gasteiger partial charge in [-0.2, -0.15) is 0 Å². The zero-order valence-electron chi connectivity index (χ0n) is 19.3. The van der Waals surface area contributed by atoms with Crippen LogP contribution in [0.1, 0.15) is 56.7 Å². The SMILES string of the molecule is COc1cc2c(cc1OC)C1CC(COC[C@@H]3CCCN3)C(CC(C)C)CN1CC2. The van der Waals surface area contributed by atoms with E-state index in [0.717, 1.165) is 56.1 Å². The molecule has 0 radical (unpaired) electrons. The molecular formula is C25H40N2O3. The highest BCUT2D eigenvalue weighted by atomic mass is 16.5. The fourth-order valence-corrected chi connectivity index (χ4v) is 5.84. The minimum absolute atomic E-state index is 0.468. The Kier molecular flexibility index (Phi) is 7.22. The Bertz CT molecular complexity index is 702. The highest BCUT2D eigenvalue weighted by molar-refractivity contribution is 5.49. The Morgan fingerprint density at radius 1 is 1.10 bits per heavy atom. The number of nitrogens with zero attached hydrogens (tertiary/aromatic N) is 1. The van der Waals surface area contributed by atoms with Crippen molar-refractivity contribution >= 4 is 0 Å². The van der Waals surface area contributed by atoms with Gasteiger partial charge in [0.05, 0.1) is 20.8 Å². The molecule has 4 rings (SSSR count). The van der Waals surface area contributed by atoms with Crippen molar-refractivity contribution < 1.29 is 14.2 Å². The van der Waals surface area contributed by atoms with Gasteiger partial charge in [-0.25, -0.2) is 0 Å². The van der Waals surface area contributed by atoms with E-state index in [4.69, 9.17) is 14.2 Å². The molecule has 1 aromatic carbocycles. The van der Waals surface area contributed by atoms with Gasteiger partial charge >= 0.3 is 0 Å². The number of benzene rings is 1. The summed E-state index contributed by atoms with van der Waals surface area (Å²) in [6.07, 6.45) is 6.10. The highest BCUT2D eigenvalue weighted by Crippen LogP contribution is 2.45. The van der Waals surface area contributed by atoms with Gasteiger partial charge < -0.3 is 19.5 Å². The van der Waals surface area contributed by atoms with Crippen LogP contribution in [0.3, 0.4) is 0 Å². The molecule has 2 saturated heterocycles. The number of methoxy groups -OCH3 is 2. The molecule has 1 aromatic rings. The molecule has 3 aliphatic heterocycles. The molecule has 5 nitrogen and oxygen atoms in total. The number of hydrogen-bond acceptors (Lipinski definition) is 5. The van der Waals surface area contributed by atoms with Crippen molar-refractivity contribution in [2.75, 3.05) is 47.1 Å². The van der Waals surface area contributed by atoms with Gasteiger partial charge in [0.1, 0.15) is 0 Å². The largest absolute Gasteiger partial charge is 0.493 e. The van der Waals surface area contributed by atoms with E-state index in [2.05, 4.69) is 36.2 Å². The number of nitrogens with one attached hydrogen (secondary N) is 1. The van der Waals surface area contributed by atoms with Crippen LogP contribution in [0.15, 0.2) is 12.1 Å². The Morgan fingerprint density at radius 2 is 1.90 bits per heavy atom. The summed E-state index contributed by atoms with van der Waals surface area (Å²) in [7, 11) is 3.46. The highest BCUT2D eigenvalue weighted by Gasteiger charge is 2.39. The summed E-state index contributed by atoms with van der Waals surface area (Å²) in [4.78, 5) is 2.72. The van der Waals surface area contributed by atoms with Crippen LogP contribution in [0.4, 0.5) is 0 Å². The molecule has 1 N–H and O–H groups in total. The first-order chi connectivity index (χ1) is 14.6. The van der Waals surface area contributed by atoms with Crippen molar-refractivity contribution in [1.82, 2.24) is 10.2 Å². The van der Waals surface area contributed by atoms with Crippen LogP contribution in [0.25, 0.3) is 0 Å². The summed E-state index contributed by atoms with van der Waals surface area (Å²) in [5.41, 5.74) is 2.86. The van der Waals surface area contributed by atoms with E-state index in [1.165, 1.54) is 43.4 Å². The molecule has 5 heteroatoms. The summed E-state index contributed by atoms with van der Waals surface area (Å²) >= 11 is 0. The lowest BCUT2D eigenvalue weighted by Gasteiger charge is -2.47. The fourth-order valence-electron chi connectivity index (χ4n) is 5.84. The van der Waals surface area contributed by atoms with Gasteiger partial charge in [0, 0.05) is 31.8 Å². The van der Waals surface area contributed by atoms with E-state index >= 15 is 0 Å². The van der Waals surface area contributed by atoms with Crippen LogP contribution >= 0.6 is 0 Å². The number of fused-ring (bicyclic) bond motifs is 3. The van der Waals surface area contributed by atoms with E-state index in [1.807, 2.05) is 0 Å². The number of hydrogen-bond donors (Lipinski definition) is 1. The van der Waals surface area contributed by atoms with Crippen molar-refractivity contribution in [2.24, 2.45) is 17.8 Å². The summed E-state index contributed by atoms with van der Waals surface area (Å²) in [6, 6.07) is 5.45. The maximum Gasteiger partial charge on any atom is 0.161 e. The van der Waals surface area contributed by atoms with Gasteiger partial charge in [-0.3, -0.25) is 4.90 Å². The smallest absolute Gasteiger partial charge is 0.161 e. The second kappa shape index (κ2) is 9.88. The summed E-state index contributed by atoms with van der Waals surface area (Å²) in [5.74, 6) is 3.77. The molecule has 0 amide bonds. The molecule has 0 saturated carbocycles. The molecular weight excluding hydrogens is 376 g/mol. The molecule has 0 aliphatic carbocycles. The van der Waals surface area contributed by atoms with Crippen LogP contribution in [-0.2, 0) is 11.2 Å². The van der Waals surface area contributed by atoms with E-state index in [0.29, 0.717) is 18.0 Å². The Morgan fingerprint density at radius 3 is 2.60 bits per heavy atom. The number of rotatable bonds is 8. The average molecular weight is 417 g/mol. The first-order valence-corrected chi connectivity index (χ1v) is 11.9. The van der Waals surface area contributed by atoms with Crippen molar-refractivity contribution in [2.45, 2.75) is 58.0 Å². The van der Waals surface area contributed by atoms with Crippen LogP contribution in [0, 0.1) is 17.8 Å². The number of ether oxygens (including phenoxy) is 3. The van der Waals surface area contributed by atoms with Gasteiger partial charge in [0.2, 0.25) is 0 Å². The normalized spacial score (nSPS) is 29.0. The summed E-state index contributed by atoms with van der Waals surface area (Å²) < 4.78 is 17.5. The predicted molar refractivity (Wildman–Crippen MR) is 120 cm³/mol. The molecule has 3 heterocycles. The average Bonchev–Trinajstić information content (AvgIpc) is 3.26. The summed E-state index contributed by atoms with van der Waals surface area (Å²) in [5, 5.41) is 3.56. The monoisotopic (exact) mass is 416 g/mol. The van der Waals surface area contributed by atoms with Gasteiger partial charge in [-0.1, -0.05) is 13.8 Å². The maximum absolute atomic E-state index is 6.29. The Balaban J connectivity index is 1.50. The lowest BCUT2D eigenvalue weighted by molar-refractivity contribution is -0.00877. The van der Waals surface area contributed by atoms with Crippen molar-refractivity contribution in [3.8, 4) is 11.5 Å². The van der Waals surface area contributed by atoms with E-state index in [-0.39, 0.29) is 0 Å². The van der Waals surface area contributed by atoms with Crippen LogP contribution in [-0.4, -0.2) is 58.0 Å². The summed E-state index contributed by atoms with van der Waals surface area (Å²) in [6.45, 7) is 9.94. The molecule has 2 fully saturated rings. The number of piperidine rings is 1. The molecule has 4 atom stereocenters. The minimum atomic E-state index is 0.468. The fraction of sp³-hybridized carbons (Fsp3) is 0.760. The van der Waals surface area contributed by atoms with Gasteiger partial charge in [-0.15, -0.1) is 0 Å². The maximum atomic E-state index is 6.29. The van der Waals surface area contributed by atoms with Crippen LogP contribution in [0.2, 0.25) is 0 Å². The topological polar surface area (TPSA) is 43.0 Å². The zero-order valence-corrected chi connectivity index (χ0v) is 19.3. The first kappa shape index (κ1) is 21.9. The lowest BCUT2D eigenvalue weighted by Crippen LogP contribution is -2.47. The van der Waals surface area contributed by atoms with E-state index in [1.54, 1.807) is 14.2 Å². The van der Waals surface area contributed by atoms with Crippen molar-refractivity contribution in [3.63, 3.8) is 0 Å². The second-order valence-corrected chi connectivity index (χ2v) is 9.88. The lowest BCUT2D eigenvalue weighted by atomic mass is 9.74. The van der Waals surface area contributed by atoms with Gasteiger partial charge in [0.25, 0.3) is 0 Å². The molecule has 3 unspecified atom stereocenters. The third-order valence-electron chi connectivity index (χ3n) is 7.36. The molecule has 0 bridgehead atoms. The quantitative estimate of drug-likeness (QED) is 0.692. The minimum Gasteiger partial charge on any atom is -0.493 e. The standard InChI is InChI=1S/C25H40N2O3/c1-17(2)10-19-14-27-9-7-18-12-24(28-3)25(29-4)13-22(18)23(27)11-20(19)15-30-16-21-6-5-8-26-21/h12-13,17,19-21,23,26H,5-11,14-16H2,1-4H3/t19?,20?,21-,23?/m0/s1. The predicted octanol–water partition coefficient (Wildman–Crippen LogP) is 4.05. The zero-order chi connectivity index (χ0) is 21.1. The third kappa shape index (κ3) is 4.79. The Hall–Kier alpha value is -1.30. The van der Waals surface area contributed by atoms with E-state index in [9.17, 15) is 0 Å².